The van der Waals surface area contributed by atoms with Crippen LogP contribution in [0.3, 0.4) is 0 Å². The van der Waals surface area contributed by atoms with E-state index in [4.69, 9.17) is 18.9 Å². The molecule has 172 valence electrons. The summed E-state index contributed by atoms with van der Waals surface area (Å²) >= 11 is 0. The molecule has 0 aliphatic heterocycles. The van der Waals surface area contributed by atoms with Crippen molar-refractivity contribution in [3.8, 4) is 23.0 Å². The molecule has 0 unspecified atom stereocenters. The molecule has 0 atom stereocenters. The normalized spacial score (nSPS) is 11.1. The second kappa shape index (κ2) is 11.0. The van der Waals surface area contributed by atoms with E-state index in [0.717, 1.165) is 17.2 Å². The Hall–Kier alpha value is -4.07. The van der Waals surface area contributed by atoms with Crippen molar-refractivity contribution in [2.45, 2.75) is 13.2 Å². The number of hydrogen-bond donors (Lipinski definition) is 1. The van der Waals surface area contributed by atoms with Crippen LogP contribution in [0.2, 0.25) is 0 Å². The van der Waals surface area contributed by atoms with Crippen molar-refractivity contribution in [3.05, 3.63) is 83.2 Å². The molecule has 0 aliphatic carbocycles. The van der Waals surface area contributed by atoms with Gasteiger partial charge < -0.3 is 24.1 Å². The maximum absolute atomic E-state index is 15.0. The predicted octanol–water partition coefficient (Wildman–Crippen LogP) is 4.50. The minimum atomic E-state index is -1.27. The number of ether oxygens (including phenoxy) is 4. The summed E-state index contributed by atoms with van der Waals surface area (Å²) in [5.41, 5.74) is 1.39. The Labute approximate surface area is 191 Å². The van der Waals surface area contributed by atoms with Crippen molar-refractivity contribution < 1.29 is 33.2 Å². The summed E-state index contributed by atoms with van der Waals surface area (Å²) < 4.78 is 36.9. The summed E-state index contributed by atoms with van der Waals surface area (Å²) in [5.74, 6) is -0.697. The number of halogens is 1. The van der Waals surface area contributed by atoms with Crippen LogP contribution in [0.25, 0.3) is 0 Å². The molecule has 3 aromatic carbocycles. The Balaban J connectivity index is 1.88. The van der Waals surface area contributed by atoms with Gasteiger partial charge in [-0.2, -0.15) is 0 Å². The minimum Gasteiger partial charge on any atom is -0.497 e. The molecule has 3 aromatic rings. The molecule has 0 aromatic heterocycles. The first-order valence-corrected chi connectivity index (χ1v) is 10.0. The standard InChI is InChI=1S/C25H24FNO6/c1-27-23(25(28)29)18-12-21(26)24(33-15-17-6-10-20(31-3)11-7-17)22(13-18)32-14-16-4-8-19(30-2)9-5-16/h4-13H,14-15H2,1-3H3,(H,28,29). The van der Waals surface area contributed by atoms with E-state index in [-0.39, 0.29) is 36.0 Å². The van der Waals surface area contributed by atoms with Crippen LogP contribution in [-0.2, 0) is 18.0 Å². The molecule has 0 saturated carbocycles. The summed E-state index contributed by atoms with van der Waals surface area (Å²) in [6.45, 7) is 0.185. The molecule has 0 fully saturated rings. The molecule has 33 heavy (non-hydrogen) atoms. The van der Waals surface area contributed by atoms with Crippen LogP contribution in [0.15, 0.2) is 65.7 Å². The maximum Gasteiger partial charge on any atom is 0.354 e. The van der Waals surface area contributed by atoms with Gasteiger partial charge >= 0.3 is 5.97 Å². The minimum absolute atomic E-state index is 0.0664. The lowest BCUT2D eigenvalue weighted by molar-refractivity contribution is -0.129. The number of hydrogen-bond acceptors (Lipinski definition) is 6. The Morgan fingerprint density at radius 2 is 1.39 bits per heavy atom. The molecule has 0 aliphatic rings. The molecule has 0 heterocycles. The number of carboxylic acid groups (broad SMARTS) is 1. The number of carbonyl (C=O) groups is 1. The molecule has 0 saturated heterocycles. The lowest BCUT2D eigenvalue weighted by atomic mass is 10.1. The zero-order valence-electron chi connectivity index (χ0n) is 18.5. The summed E-state index contributed by atoms with van der Waals surface area (Å²) in [6.07, 6.45) is 0. The molecule has 0 amide bonds. The van der Waals surface area contributed by atoms with E-state index in [1.165, 1.54) is 13.1 Å². The number of rotatable bonds is 10. The number of aliphatic carboxylic acids is 1. The maximum atomic E-state index is 15.0. The highest BCUT2D eigenvalue weighted by Gasteiger charge is 2.20. The molecular weight excluding hydrogens is 429 g/mol. The largest absolute Gasteiger partial charge is 0.497 e. The average molecular weight is 453 g/mol. The first-order valence-electron chi connectivity index (χ1n) is 10.0. The van der Waals surface area contributed by atoms with Crippen LogP contribution in [0.4, 0.5) is 4.39 Å². The highest BCUT2D eigenvalue weighted by Crippen LogP contribution is 2.34. The monoisotopic (exact) mass is 453 g/mol. The third-order valence-corrected chi connectivity index (χ3v) is 4.80. The Morgan fingerprint density at radius 1 is 0.879 bits per heavy atom. The first kappa shape index (κ1) is 23.6. The van der Waals surface area contributed by atoms with Crippen molar-refractivity contribution in [2.75, 3.05) is 21.3 Å². The number of aliphatic imine (C=N–C) groups is 1. The molecule has 1 N–H and O–H groups in total. The van der Waals surface area contributed by atoms with Crippen LogP contribution in [0.1, 0.15) is 16.7 Å². The SMILES string of the molecule is CN=C(C(=O)O)c1cc(F)c(OCc2ccc(OC)cc2)c(OCc2ccc(OC)cc2)c1. The second-order valence-electron chi connectivity index (χ2n) is 6.94. The van der Waals surface area contributed by atoms with Crippen LogP contribution in [0, 0.1) is 5.82 Å². The topological polar surface area (TPSA) is 86.6 Å². The zero-order valence-corrected chi connectivity index (χ0v) is 18.5. The fourth-order valence-electron chi connectivity index (χ4n) is 3.06. The van der Waals surface area contributed by atoms with E-state index in [1.807, 2.05) is 12.1 Å². The summed E-state index contributed by atoms with van der Waals surface area (Å²) in [5, 5.41) is 9.38. The van der Waals surface area contributed by atoms with Gasteiger partial charge in [-0.1, -0.05) is 24.3 Å². The molecular formula is C25H24FNO6. The number of methoxy groups -OCH3 is 2. The van der Waals surface area contributed by atoms with E-state index in [0.29, 0.717) is 11.5 Å². The molecule has 0 radical (unpaired) electrons. The average Bonchev–Trinajstić information content (AvgIpc) is 2.83. The van der Waals surface area contributed by atoms with Gasteiger partial charge in [-0.25, -0.2) is 9.18 Å². The molecule has 0 spiro atoms. The molecule has 0 bridgehead atoms. The zero-order chi connectivity index (χ0) is 23.8. The van der Waals surface area contributed by atoms with Crippen LogP contribution >= 0.6 is 0 Å². The van der Waals surface area contributed by atoms with Gasteiger partial charge in [-0.15, -0.1) is 0 Å². The number of nitrogens with zero attached hydrogens (tertiary/aromatic N) is 1. The van der Waals surface area contributed by atoms with E-state index < -0.39 is 11.8 Å². The van der Waals surface area contributed by atoms with E-state index in [2.05, 4.69) is 4.99 Å². The third kappa shape index (κ3) is 6.00. The quantitative estimate of drug-likeness (QED) is 0.455. The van der Waals surface area contributed by atoms with Gasteiger partial charge in [-0.05, 0) is 47.5 Å². The smallest absolute Gasteiger partial charge is 0.354 e. The molecule has 8 heteroatoms. The van der Waals surface area contributed by atoms with Gasteiger partial charge in [0.1, 0.15) is 30.4 Å². The summed E-state index contributed by atoms with van der Waals surface area (Å²) in [7, 11) is 4.47. The number of carboxylic acids is 1. The van der Waals surface area contributed by atoms with Crippen molar-refractivity contribution >= 4 is 11.7 Å². The Morgan fingerprint density at radius 3 is 1.85 bits per heavy atom. The fourth-order valence-corrected chi connectivity index (χ4v) is 3.06. The van der Waals surface area contributed by atoms with Crippen molar-refractivity contribution in [1.29, 1.82) is 0 Å². The molecule has 7 nitrogen and oxygen atoms in total. The highest BCUT2D eigenvalue weighted by molar-refractivity contribution is 6.42. The van der Waals surface area contributed by atoms with E-state index >= 15 is 4.39 Å². The van der Waals surface area contributed by atoms with E-state index in [1.54, 1.807) is 50.6 Å². The van der Waals surface area contributed by atoms with Gasteiger partial charge in [0.2, 0.25) is 0 Å². The van der Waals surface area contributed by atoms with Gasteiger partial charge in [0.15, 0.2) is 17.3 Å². The highest BCUT2D eigenvalue weighted by atomic mass is 19.1. The van der Waals surface area contributed by atoms with E-state index in [9.17, 15) is 9.90 Å². The molecule has 3 rings (SSSR count). The van der Waals surface area contributed by atoms with Crippen LogP contribution < -0.4 is 18.9 Å². The van der Waals surface area contributed by atoms with Gasteiger partial charge in [0.05, 0.1) is 14.2 Å². The van der Waals surface area contributed by atoms with Gasteiger partial charge in [0, 0.05) is 12.6 Å². The Kier molecular flexibility index (Phi) is 7.86. The van der Waals surface area contributed by atoms with Crippen molar-refractivity contribution in [3.63, 3.8) is 0 Å². The predicted molar refractivity (Wildman–Crippen MR) is 121 cm³/mol. The lowest BCUT2D eigenvalue weighted by Crippen LogP contribution is -2.15. The van der Waals surface area contributed by atoms with Crippen molar-refractivity contribution in [2.24, 2.45) is 4.99 Å². The van der Waals surface area contributed by atoms with Crippen LogP contribution in [-0.4, -0.2) is 38.1 Å². The van der Waals surface area contributed by atoms with Gasteiger partial charge in [0.25, 0.3) is 0 Å². The van der Waals surface area contributed by atoms with Crippen molar-refractivity contribution in [1.82, 2.24) is 0 Å². The van der Waals surface area contributed by atoms with Gasteiger partial charge in [-0.3, -0.25) is 4.99 Å². The van der Waals surface area contributed by atoms with Crippen LogP contribution in [0.5, 0.6) is 23.0 Å². The fraction of sp³-hybridized carbons (Fsp3) is 0.200. The third-order valence-electron chi connectivity index (χ3n) is 4.80. The summed E-state index contributed by atoms with van der Waals surface area (Å²) in [4.78, 5) is 15.2. The summed E-state index contributed by atoms with van der Waals surface area (Å²) in [6, 6.07) is 16.8. The Bertz CT molecular complexity index is 1130. The first-order chi connectivity index (χ1) is 15.9. The lowest BCUT2D eigenvalue weighted by Gasteiger charge is -2.16. The number of benzene rings is 3. The second-order valence-corrected chi connectivity index (χ2v) is 6.94.